The molecule has 40 heteroatoms. The maximum atomic E-state index is 14.8. The number of fused-ring (bicyclic) bond motifs is 4. The van der Waals surface area contributed by atoms with Crippen molar-refractivity contribution in [1.82, 2.24) is 46.1 Å². The summed E-state index contributed by atoms with van der Waals surface area (Å²) in [5.41, 5.74) is 14.5. The second kappa shape index (κ2) is 55.6. The third-order valence-corrected chi connectivity index (χ3v) is 28.9. The molecule has 2 bridgehead atoms. The minimum atomic E-state index is -2.49. The van der Waals surface area contributed by atoms with Gasteiger partial charge in [0.05, 0.1) is 61.9 Å². The van der Waals surface area contributed by atoms with Crippen LogP contribution in [0.3, 0.4) is 0 Å². The summed E-state index contributed by atoms with van der Waals surface area (Å²) in [4.78, 5) is 191. The monoisotopic (exact) mass is 1900 g/mol. The lowest BCUT2D eigenvalue weighted by Gasteiger charge is -2.42. The number of aliphatic hydroxyl groups excluding tert-OH is 1. The van der Waals surface area contributed by atoms with Gasteiger partial charge in [0.25, 0.3) is 17.6 Å². The van der Waals surface area contributed by atoms with E-state index in [9.17, 15) is 82.8 Å². The Morgan fingerprint density at radius 2 is 1.51 bits per heavy atom. The number of hydrogen-bond acceptors (Lipinski definition) is 34. The summed E-state index contributed by atoms with van der Waals surface area (Å²) in [6.07, 6.45) is 12.1. The largest absolute Gasteiger partial charge is 0.481 e. The van der Waals surface area contributed by atoms with Crippen LogP contribution < -0.4 is 38.1 Å². The lowest BCUT2D eigenvalue weighted by atomic mass is 9.75. The lowest BCUT2D eigenvalue weighted by molar-refractivity contribution is -0.265. The number of nitrogens with one attached hydrogen (secondary N) is 5. The number of nitrogens with two attached hydrogens (primary N) is 2. The van der Waals surface area contributed by atoms with Crippen molar-refractivity contribution in [1.29, 1.82) is 0 Å². The number of likely N-dealkylation sites (N-methyl/N-ethyl adjacent to an activating group) is 1. The molecule has 1 aromatic carbocycles. The van der Waals surface area contributed by atoms with Crippen LogP contribution in [0.15, 0.2) is 78.1 Å². The van der Waals surface area contributed by atoms with Crippen molar-refractivity contribution in [2.75, 3.05) is 101 Å². The molecular formula is C91H132N12O24S4. The molecule has 3 aliphatic heterocycles. The van der Waals surface area contributed by atoms with Gasteiger partial charge in [-0.05, 0) is 157 Å². The number of aromatic nitrogens is 4. The predicted octanol–water partition coefficient (Wildman–Crippen LogP) is 9.13. The number of carbonyl (C=O) groups is 13. The number of aliphatic carboxylic acids is 2. The number of anilines is 3. The number of esters is 2. The van der Waals surface area contributed by atoms with Crippen LogP contribution in [0.25, 0.3) is 11.2 Å². The predicted molar refractivity (Wildman–Crippen MR) is 499 cm³/mol. The Labute approximate surface area is 781 Å². The zero-order valence-corrected chi connectivity index (χ0v) is 79.9. The number of piperidine rings is 1. The summed E-state index contributed by atoms with van der Waals surface area (Å²) in [5, 5.41) is 56.9. The number of alkyl carbamates (subject to hydrolysis) is 1. The number of rotatable bonds is 41. The molecule has 0 radical (unpaired) electrons. The van der Waals surface area contributed by atoms with E-state index in [1.165, 1.54) is 69.8 Å². The number of methoxy groups -OCH3 is 2. The topological polar surface area (TPSA) is 534 Å². The number of hydrogen-bond donors (Lipinski definition) is 11. The van der Waals surface area contributed by atoms with Crippen LogP contribution in [0, 0.1) is 47.3 Å². The van der Waals surface area contributed by atoms with Gasteiger partial charge in [0.15, 0.2) is 34.3 Å². The number of aliphatic hydroxyl groups is 2. The first-order valence-corrected chi connectivity index (χ1v) is 49.7. The van der Waals surface area contributed by atoms with Crippen LogP contribution in [0.5, 0.6) is 0 Å². The summed E-state index contributed by atoms with van der Waals surface area (Å²) in [6, 6.07) is 2.68. The van der Waals surface area contributed by atoms with Gasteiger partial charge in [-0.25, -0.2) is 24.4 Å². The molecule has 3 aromatic rings. The SMILES string of the molecule is CN[C@@H](CNC(=O)CCSSCCCC(=O)OCCO[C@@H]1CC[C@@H](C[C@@H](C)[C@@H]2CC(=O)[C@H](C)/C=C(\C)[C@@H](O)[C@@H](OC)C(=O)[C@H](C)C[C@H](C)/C=C/C=C/C=C(\C)[C@@H](OC)C[C@@H]3CC[C@@H](C)[C@@](O)(O3)C(=O)C(=O)N3CCCC[C@H]3C(=O)O2)C[C@H]1C)C(=O)C[C@@H](CSSCCOC(=O)NCC(=O)CCC(NC(=O)c1ccc(NCc2cnc3nc(N)nc(N)c3n2)cc1)C(=O)O)C(=O)O. The van der Waals surface area contributed by atoms with Crippen LogP contribution in [-0.2, 0) is 92.4 Å². The number of allylic oxidation sites excluding steroid dienone is 6. The molecule has 3 fully saturated rings. The first-order chi connectivity index (χ1) is 62.4. The number of carbonyl (C=O) groups excluding carboxylic acids is 11. The van der Waals surface area contributed by atoms with Gasteiger partial charge < -0.3 is 96.5 Å². The number of nitrogen functional groups attached to an aromatic ring is 2. The smallest absolute Gasteiger partial charge is 0.407 e. The fraction of sp³-hybridized carbons (Fsp3) is 0.637. The number of carboxylic acids is 2. The van der Waals surface area contributed by atoms with Crippen molar-refractivity contribution in [3.05, 3.63) is 89.3 Å². The van der Waals surface area contributed by atoms with Gasteiger partial charge in [-0.2, -0.15) is 9.97 Å². The summed E-state index contributed by atoms with van der Waals surface area (Å²) >= 11 is 0. The minimum Gasteiger partial charge on any atom is -0.481 e. The first kappa shape index (κ1) is 109. The summed E-state index contributed by atoms with van der Waals surface area (Å²) in [6.45, 7) is 14.5. The van der Waals surface area contributed by atoms with Crippen LogP contribution in [0.2, 0.25) is 0 Å². The zero-order chi connectivity index (χ0) is 96.0. The Morgan fingerprint density at radius 3 is 2.22 bits per heavy atom. The molecule has 7 rings (SSSR count). The van der Waals surface area contributed by atoms with Gasteiger partial charge in [0.2, 0.25) is 17.6 Å². The van der Waals surface area contributed by atoms with Crippen molar-refractivity contribution < 1.29 is 116 Å². The molecule has 1 unspecified atom stereocenters. The van der Waals surface area contributed by atoms with Gasteiger partial charge in [-0.3, -0.25) is 47.9 Å². The number of ether oxygens (including phenoxy) is 7. The third-order valence-electron chi connectivity index (χ3n) is 23.9. The highest BCUT2D eigenvalue weighted by Crippen LogP contribution is 2.40. The standard InChI is InChI=1S/C91H132N12O24S4/c1-52-18-13-12-14-19-53(2)73(121-10)45-66-29-22-59(8)91(120,127-66)81(111)85(113)103-33-16-15-20-69(103)88(118)126-74(46-70(105)54(3)41-58(7)79(110)80(122-11)78(109)57(6)40-52)56(5)43-60-23-31-72(55(4)42-60)123-34-35-124-76(108)21-17-37-128-129-38-32-75(107)96-50-68(94-9)71(106)44-62(86(114)115)51-131-130-39-36-125-90(119)98-49-65(104)28-30-67(87(116)117)100-84(112)61-24-26-63(27-25-61)95-47-64-48-97-83-77(99-64)82(92)101-89(93)102-83/h12-14,18-19,24-27,41,48,52,54-57,59-60,62,66-69,72-74,79-80,94-95,110,120H,15-17,20-23,28-40,42-47,49-51H2,1-11H3,(H,96,107)(H,98,119)(H,100,112)(H,114,115)(H,116,117)(H4,92,93,97,101,102)/b14-12+,18-13+,53-19+,58-41+/t52-,54-,55-,56-,57-,59-,60-,62+,66+,67?,68+,69+,72-,73+,74+,79-,80+,91-/m1/s1. The van der Waals surface area contributed by atoms with Gasteiger partial charge in [0, 0.05) is 118 Å². The highest BCUT2D eigenvalue weighted by molar-refractivity contribution is 8.77. The molecule has 2 saturated heterocycles. The molecule has 1 saturated carbocycles. The Hall–Kier alpha value is -8.97. The number of amides is 4. The summed E-state index contributed by atoms with van der Waals surface area (Å²) in [7, 11) is 9.75. The molecule has 1 aliphatic carbocycles. The highest BCUT2D eigenvalue weighted by Gasteiger charge is 2.53. The molecule has 4 aliphatic rings. The molecule has 13 N–H and O–H groups in total. The van der Waals surface area contributed by atoms with E-state index in [1.807, 2.05) is 51.2 Å². The van der Waals surface area contributed by atoms with Gasteiger partial charge in [0.1, 0.15) is 49.4 Å². The van der Waals surface area contributed by atoms with Crippen molar-refractivity contribution in [2.45, 2.75) is 238 Å². The van der Waals surface area contributed by atoms with E-state index in [4.69, 9.17) is 44.6 Å². The van der Waals surface area contributed by atoms with Crippen LogP contribution in [0.1, 0.15) is 187 Å². The first-order valence-electron chi connectivity index (χ1n) is 44.7. The maximum absolute atomic E-state index is 14.8. The Bertz CT molecular complexity index is 4490. The van der Waals surface area contributed by atoms with Gasteiger partial charge in [-0.1, -0.05) is 121 Å². The molecule has 131 heavy (non-hydrogen) atoms. The third kappa shape index (κ3) is 35.4. The number of carboxylic acid groups (broad SMARTS) is 2. The molecule has 4 amide bonds. The fourth-order valence-corrected chi connectivity index (χ4v) is 20.3. The number of benzene rings is 1. The van der Waals surface area contributed by atoms with E-state index in [0.717, 1.165) is 29.2 Å². The summed E-state index contributed by atoms with van der Waals surface area (Å²) < 4.78 is 41.1. The molecule has 0 spiro atoms. The maximum Gasteiger partial charge on any atom is 0.407 e. The van der Waals surface area contributed by atoms with E-state index in [-0.39, 0.29) is 184 Å². The second-order valence-corrected chi connectivity index (χ2v) is 39.5. The summed E-state index contributed by atoms with van der Waals surface area (Å²) in [5.74, 6) is -13.0. The van der Waals surface area contributed by atoms with E-state index >= 15 is 0 Å². The minimum absolute atomic E-state index is 0.0262. The number of nitrogens with zero attached hydrogens (tertiary/aromatic N) is 5. The van der Waals surface area contributed by atoms with Crippen molar-refractivity contribution in [2.24, 2.45) is 47.3 Å². The van der Waals surface area contributed by atoms with E-state index in [2.05, 4.69) is 53.4 Å². The highest BCUT2D eigenvalue weighted by atomic mass is 33.1. The molecule has 36 nitrogen and oxygen atoms in total. The number of cyclic esters (lactones) is 1. The fourth-order valence-electron chi connectivity index (χ4n) is 16.1. The van der Waals surface area contributed by atoms with Crippen molar-refractivity contribution in [3.63, 3.8) is 0 Å². The molecule has 2 aromatic heterocycles. The van der Waals surface area contributed by atoms with Crippen molar-refractivity contribution >= 4 is 148 Å². The normalized spacial score (nSPS) is 26.4. The number of ketones is 5. The lowest BCUT2D eigenvalue weighted by Crippen LogP contribution is -2.61. The average molecular weight is 1910 g/mol. The molecule has 5 heterocycles. The Balaban J connectivity index is 0.763. The molecule has 18 atom stereocenters. The van der Waals surface area contributed by atoms with E-state index < -0.39 is 138 Å². The van der Waals surface area contributed by atoms with Crippen molar-refractivity contribution in [3.8, 4) is 0 Å². The van der Waals surface area contributed by atoms with Gasteiger partial charge in [-0.15, -0.1) is 0 Å². The van der Waals surface area contributed by atoms with Gasteiger partial charge >= 0.3 is 30.0 Å². The average Bonchev–Trinajstić information content (AvgIpc) is 0.772. The quantitative estimate of drug-likeness (QED) is 0.00629. The Morgan fingerprint density at radius 1 is 0.771 bits per heavy atom. The zero-order valence-electron chi connectivity index (χ0n) is 76.6. The molecular weight excluding hydrogens is 1770 g/mol. The van der Waals surface area contributed by atoms with Crippen LogP contribution in [-0.4, -0.2) is 266 Å². The van der Waals surface area contributed by atoms with Crippen LogP contribution in [0.4, 0.5) is 22.2 Å². The molecule has 724 valence electrons. The van der Waals surface area contributed by atoms with E-state index in [1.54, 1.807) is 53.0 Å². The second-order valence-electron chi connectivity index (χ2n) is 34.2. The number of Topliss-reactive ketones (excluding diaryl/α,β-unsaturated/α-hetero) is 5. The van der Waals surface area contributed by atoms with Crippen LogP contribution >= 0.6 is 43.2 Å². The van der Waals surface area contributed by atoms with E-state index in [0.29, 0.717) is 79.8 Å². The Kier molecular flexibility index (Phi) is 46.3.